The molecule has 4 rings (SSSR count). The second kappa shape index (κ2) is 6.23. The highest BCUT2D eigenvalue weighted by Gasteiger charge is 2.40. The Morgan fingerprint density at radius 1 is 1.35 bits per heavy atom. The van der Waals surface area contributed by atoms with Crippen LogP contribution in [0.4, 0.5) is 15.9 Å². The smallest absolute Gasteiger partial charge is 0.232 e. The van der Waals surface area contributed by atoms with Crippen LogP contribution in [0.3, 0.4) is 0 Å². The van der Waals surface area contributed by atoms with Crippen LogP contribution >= 0.6 is 0 Å². The molecule has 2 aromatic rings. The zero-order valence-corrected chi connectivity index (χ0v) is 14.8. The third-order valence-electron chi connectivity index (χ3n) is 5.02. The predicted octanol–water partition coefficient (Wildman–Crippen LogP) is 1.13. The number of benzene rings is 1. The number of hydrogen-bond donors (Lipinski definition) is 2. The van der Waals surface area contributed by atoms with E-state index in [1.807, 2.05) is 17.0 Å². The van der Waals surface area contributed by atoms with E-state index in [-0.39, 0.29) is 5.60 Å². The van der Waals surface area contributed by atoms with Crippen LogP contribution in [0.15, 0.2) is 30.6 Å². The molecule has 1 aromatic heterocycles. The summed E-state index contributed by atoms with van der Waals surface area (Å²) in [6, 6.07) is 7.28. The van der Waals surface area contributed by atoms with E-state index in [0.29, 0.717) is 48.0 Å². The van der Waals surface area contributed by atoms with Crippen molar-refractivity contribution in [1.29, 1.82) is 0 Å². The molecule has 1 saturated carbocycles. The maximum Gasteiger partial charge on any atom is 0.232 e. The first-order chi connectivity index (χ1) is 12.4. The molecule has 0 radical (unpaired) electrons. The van der Waals surface area contributed by atoms with Crippen LogP contribution in [0.1, 0.15) is 37.4 Å². The Kier molecular flexibility index (Phi) is 4.01. The third-order valence-corrected chi connectivity index (χ3v) is 5.02. The van der Waals surface area contributed by atoms with Crippen molar-refractivity contribution in [2.45, 2.75) is 38.0 Å². The van der Waals surface area contributed by atoms with Gasteiger partial charge in [-0.25, -0.2) is 14.4 Å². The minimum Gasteiger partial charge on any atom is -0.488 e. The summed E-state index contributed by atoms with van der Waals surface area (Å²) in [7, 11) is 0. The first kappa shape index (κ1) is 16.8. The molecule has 0 spiro atoms. The Labute approximate surface area is 151 Å². The summed E-state index contributed by atoms with van der Waals surface area (Å²) >= 11 is 0. The van der Waals surface area contributed by atoms with Crippen LogP contribution in [0, 0.1) is 0 Å². The lowest BCUT2D eigenvalue weighted by atomic mass is 10.0. The van der Waals surface area contributed by atoms with Gasteiger partial charge in [0.15, 0.2) is 0 Å². The zero-order valence-electron chi connectivity index (χ0n) is 14.8. The Morgan fingerprint density at radius 2 is 2.15 bits per heavy atom. The van der Waals surface area contributed by atoms with Gasteiger partial charge in [-0.05, 0) is 44.4 Å². The van der Waals surface area contributed by atoms with Gasteiger partial charge in [-0.15, -0.1) is 0 Å². The standard InChI is InChI=1S/C19H22FN5O/c1-19(5-6-19)26-13-2-3-15(21)14(8-13)18(22)16-9-17(24-11-23-16)25-7-4-12(20)10-25/h2-3,8-9,11-12,22H,4-7,10,21H2,1H3/p+1/t12-/m1/s1. The van der Waals surface area contributed by atoms with Gasteiger partial charge in [-0.3, -0.25) is 5.41 Å². The summed E-state index contributed by atoms with van der Waals surface area (Å²) in [6.45, 7) is 3.07. The van der Waals surface area contributed by atoms with Crippen molar-refractivity contribution in [2.75, 3.05) is 23.7 Å². The van der Waals surface area contributed by atoms with E-state index in [4.69, 9.17) is 15.9 Å². The number of hydrogen-bond acceptors (Lipinski definition) is 5. The van der Waals surface area contributed by atoms with Crippen LogP contribution in [-0.2, 0) is 0 Å². The van der Waals surface area contributed by atoms with E-state index in [1.165, 1.54) is 6.33 Å². The fourth-order valence-electron chi connectivity index (χ4n) is 3.13. The van der Waals surface area contributed by atoms with Gasteiger partial charge >= 0.3 is 0 Å². The van der Waals surface area contributed by atoms with E-state index >= 15 is 0 Å². The van der Waals surface area contributed by atoms with Crippen LogP contribution < -0.4 is 20.8 Å². The normalized spacial score (nSPS) is 20.8. The fraction of sp³-hybridized carbons (Fsp3) is 0.421. The molecule has 1 saturated heterocycles. The van der Waals surface area contributed by atoms with E-state index in [1.54, 1.807) is 12.1 Å². The second-order valence-electron chi connectivity index (χ2n) is 7.31. The minimum atomic E-state index is -0.817. The molecule has 1 aliphatic heterocycles. The number of halogens is 1. The van der Waals surface area contributed by atoms with E-state index < -0.39 is 6.17 Å². The summed E-state index contributed by atoms with van der Waals surface area (Å²) in [4.78, 5) is 10.4. The van der Waals surface area contributed by atoms with Crippen molar-refractivity contribution in [3.8, 4) is 5.75 Å². The minimum absolute atomic E-state index is 0.0805. The summed E-state index contributed by atoms with van der Waals surface area (Å²) in [5.41, 5.74) is 8.30. The maximum absolute atomic E-state index is 13.5. The highest BCUT2D eigenvalue weighted by molar-refractivity contribution is 6.11. The molecule has 0 bridgehead atoms. The predicted molar refractivity (Wildman–Crippen MR) is 98.0 cm³/mol. The molecule has 2 fully saturated rings. The summed E-state index contributed by atoms with van der Waals surface area (Å²) < 4.78 is 19.5. The molecule has 4 N–H and O–H groups in total. The molecule has 0 unspecified atom stereocenters. The van der Waals surface area contributed by atoms with Crippen LogP contribution in [0.25, 0.3) is 0 Å². The Hall–Kier alpha value is -2.70. The van der Waals surface area contributed by atoms with Gasteiger partial charge in [0.2, 0.25) is 5.71 Å². The van der Waals surface area contributed by atoms with Crippen LogP contribution in [-0.4, -0.2) is 40.5 Å². The van der Waals surface area contributed by atoms with Gasteiger partial charge in [-0.2, -0.15) is 0 Å². The average Bonchev–Trinajstić information content (AvgIpc) is 3.19. The van der Waals surface area contributed by atoms with E-state index in [0.717, 1.165) is 18.6 Å². The van der Waals surface area contributed by atoms with Crippen molar-refractivity contribution in [1.82, 2.24) is 9.97 Å². The van der Waals surface area contributed by atoms with Gasteiger partial charge in [0, 0.05) is 18.3 Å². The lowest BCUT2D eigenvalue weighted by Gasteiger charge is -2.16. The summed E-state index contributed by atoms with van der Waals surface area (Å²) in [5, 5.41) is 6.36. The largest absolute Gasteiger partial charge is 0.488 e. The Balaban J connectivity index is 1.60. The van der Waals surface area contributed by atoms with Crippen molar-refractivity contribution < 1.29 is 14.5 Å². The number of anilines is 2. The van der Waals surface area contributed by atoms with Crippen molar-refractivity contribution in [3.63, 3.8) is 0 Å². The molecule has 1 atom stereocenters. The topological polar surface area (TPSA) is 89.9 Å². The van der Waals surface area contributed by atoms with Gasteiger partial charge in [0.1, 0.15) is 35.4 Å². The molecule has 26 heavy (non-hydrogen) atoms. The highest BCUT2D eigenvalue weighted by Crippen LogP contribution is 2.40. The van der Waals surface area contributed by atoms with Crippen LogP contribution in [0.5, 0.6) is 5.75 Å². The average molecular weight is 356 g/mol. The number of ether oxygens (including phenoxy) is 1. The molecular formula is C19H23FN5O+. The highest BCUT2D eigenvalue weighted by atomic mass is 19.1. The van der Waals surface area contributed by atoms with Crippen molar-refractivity contribution >= 4 is 17.2 Å². The molecule has 6 nitrogen and oxygen atoms in total. The number of aromatic nitrogens is 2. The molecular weight excluding hydrogens is 333 g/mol. The molecule has 1 aliphatic carbocycles. The lowest BCUT2D eigenvalue weighted by molar-refractivity contribution is -0.111. The quantitative estimate of drug-likeness (QED) is 0.619. The first-order valence-corrected chi connectivity index (χ1v) is 8.86. The number of rotatable bonds is 5. The molecule has 0 amide bonds. The van der Waals surface area contributed by atoms with Crippen LogP contribution in [0.2, 0.25) is 0 Å². The van der Waals surface area contributed by atoms with Gasteiger partial charge in [0.05, 0.1) is 12.1 Å². The SMILES string of the molecule is CC1(Oc2ccc(N)c(C(=[NH2+])c3cc(N4CC[C@@H](F)C4)ncn3)c2)CC1. The van der Waals surface area contributed by atoms with E-state index in [2.05, 4.69) is 16.9 Å². The molecule has 2 aliphatic rings. The monoisotopic (exact) mass is 356 g/mol. The summed E-state index contributed by atoms with van der Waals surface area (Å²) in [6.07, 6.45) is 3.25. The van der Waals surface area contributed by atoms with Gasteiger partial charge in [-0.1, -0.05) is 0 Å². The first-order valence-electron chi connectivity index (χ1n) is 8.86. The number of nitrogen functional groups attached to an aromatic ring is 1. The van der Waals surface area contributed by atoms with E-state index in [9.17, 15) is 4.39 Å². The van der Waals surface area contributed by atoms with Gasteiger partial charge < -0.3 is 15.4 Å². The third kappa shape index (κ3) is 3.34. The Morgan fingerprint density at radius 3 is 2.85 bits per heavy atom. The van der Waals surface area contributed by atoms with Gasteiger partial charge in [0.25, 0.3) is 0 Å². The van der Waals surface area contributed by atoms with Crippen molar-refractivity contribution in [2.24, 2.45) is 0 Å². The molecule has 1 aromatic carbocycles. The molecule has 2 heterocycles. The number of nitrogens with zero attached hydrogens (tertiary/aromatic N) is 3. The van der Waals surface area contributed by atoms with Crippen molar-refractivity contribution in [3.05, 3.63) is 41.9 Å². The zero-order chi connectivity index (χ0) is 18.3. The Bertz CT molecular complexity index is 852. The maximum atomic E-state index is 13.5. The number of nitrogens with two attached hydrogens (primary N) is 2. The fourth-order valence-corrected chi connectivity index (χ4v) is 3.13. The number of alkyl halides is 1. The molecule has 136 valence electrons. The lowest BCUT2D eigenvalue weighted by Crippen LogP contribution is -2.42. The second-order valence-corrected chi connectivity index (χ2v) is 7.31. The molecule has 7 heteroatoms. The summed E-state index contributed by atoms with van der Waals surface area (Å²) in [5.74, 6) is 1.42.